The molecule has 0 radical (unpaired) electrons. The summed E-state index contributed by atoms with van der Waals surface area (Å²) in [6.45, 7) is 8.75. The number of carbonyl (C=O) groups excluding carboxylic acids is 1. The average Bonchev–Trinajstić information content (AvgIpc) is 2.84. The second-order valence-electron chi connectivity index (χ2n) is 6.60. The van der Waals surface area contributed by atoms with E-state index in [9.17, 15) is 4.79 Å². The quantitative estimate of drug-likeness (QED) is 0.818. The number of amides is 1. The molecule has 1 atom stereocenters. The van der Waals surface area contributed by atoms with Gasteiger partial charge >= 0.3 is 6.09 Å². The first-order chi connectivity index (χ1) is 10.4. The molecule has 1 amide bonds. The summed E-state index contributed by atoms with van der Waals surface area (Å²) in [7, 11) is 0. The topological polar surface area (TPSA) is 76.1 Å². The van der Waals surface area contributed by atoms with Crippen LogP contribution in [0.3, 0.4) is 0 Å². The maximum atomic E-state index is 11.5. The second-order valence-corrected chi connectivity index (χ2v) is 6.60. The Labute approximate surface area is 132 Å². The van der Waals surface area contributed by atoms with E-state index in [1.807, 2.05) is 27.0 Å². The highest BCUT2D eigenvalue weighted by molar-refractivity contribution is 5.67. The molecule has 22 heavy (non-hydrogen) atoms. The van der Waals surface area contributed by atoms with Gasteiger partial charge in [-0.05, 0) is 45.6 Å². The van der Waals surface area contributed by atoms with Crippen molar-refractivity contribution >= 4 is 12.0 Å². The number of alkyl carbamates (subject to hydrolysis) is 1. The van der Waals surface area contributed by atoms with Crippen LogP contribution in [0.2, 0.25) is 0 Å². The third kappa shape index (κ3) is 4.58. The lowest BCUT2D eigenvalue weighted by Gasteiger charge is -2.19. The molecule has 0 saturated carbocycles. The summed E-state index contributed by atoms with van der Waals surface area (Å²) in [5.41, 5.74) is 1.97. The number of hydrogen-bond acceptors (Lipinski definition) is 5. The zero-order chi connectivity index (χ0) is 16.2. The maximum Gasteiger partial charge on any atom is 0.407 e. The number of nitrogens with one attached hydrogen (secondary N) is 2. The van der Waals surface area contributed by atoms with Gasteiger partial charge in [0, 0.05) is 25.2 Å². The lowest BCUT2D eigenvalue weighted by Crippen LogP contribution is -2.35. The Balaban J connectivity index is 1.77. The average molecular weight is 306 g/mol. The Hall–Kier alpha value is -1.85. The fourth-order valence-corrected chi connectivity index (χ4v) is 2.57. The third-order valence-corrected chi connectivity index (χ3v) is 3.62. The van der Waals surface area contributed by atoms with Crippen LogP contribution in [-0.4, -0.2) is 34.8 Å². The molecule has 0 aromatic carbocycles. The van der Waals surface area contributed by atoms with Crippen molar-refractivity contribution < 1.29 is 9.53 Å². The number of aromatic nitrogens is 2. The van der Waals surface area contributed by atoms with Gasteiger partial charge in [-0.15, -0.1) is 0 Å². The van der Waals surface area contributed by atoms with Gasteiger partial charge in [-0.3, -0.25) is 0 Å². The largest absolute Gasteiger partial charge is 0.444 e. The van der Waals surface area contributed by atoms with E-state index in [0.29, 0.717) is 25.0 Å². The van der Waals surface area contributed by atoms with Gasteiger partial charge in [0.05, 0.1) is 5.69 Å². The van der Waals surface area contributed by atoms with Gasteiger partial charge in [-0.2, -0.15) is 0 Å². The summed E-state index contributed by atoms with van der Waals surface area (Å²) in [6, 6.07) is 0. The molecule has 1 aromatic rings. The fourth-order valence-electron chi connectivity index (χ4n) is 2.57. The molecule has 1 aliphatic carbocycles. The Morgan fingerprint density at radius 1 is 1.41 bits per heavy atom. The minimum absolute atomic E-state index is 0.407. The highest BCUT2D eigenvalue weighted by atomic mass is 16.6. The Kier molecular flexibility index (Phi) is 5.21. The first kappa shape index (κ1) is 16.5. The summed E-state index contributed by atoms with van der Waals surface area (Å²) in [4.78, 5) is 20.5. The highest BCUT2D eigenvalue weighted by Gasteiger charge is 2.23. The van der Waals surface area contributed by atoms with Gasteiger partial charge in [-0.25, -0.2) is 14.8 Å². The Bertz CT molecular complexity index is 525. The smallest absolute Gasteiger partial charge is 0.407 e. The molecule has 1 aliphatic rings. The van der Waals surface area contributed by atoms with Crippen LogP contribution in [0.25, 0.3) is 0 Å². The standard InChI is InChI=1S/C16H26N4O2/c1-5-11-6-7-12-10-19-14(20-13(11)12)17-8-9-18-15(21)22-16(2,3)4/h10-11H,5-9H2,1-4H3,(H,18,21)(H,17,19,20). The molecule has 0 aliphatic heterocycles. The summed E-state index contributed by atoms with van der Waals surface area (Å²) in [5.74, 6) is 1.18. The molecular formula is C16H26N4O2. The van der Waals surface area contributed by atoms with Gasteiger partial charge in [0.25, 0.3) is 0 Å². The van der Waals surface area contributed by atoms with E-state index in [2.05, 4.69) is 27.5 Å². The molecule has 6 nitrogen and oxygen atoms in total. The van der Waals surface area contributed by atoms with Crippen molar-refractivity contribution in [2.45, 2.75) is 58.5 Å². The van der Waals surface area contributed by atoms with Gasteiger partial charge in [-0.1, -0.05) is 6.92 Å². The molecule has 0 saturated heterocycles. The monoisotopic (exact) mass is 306 g/mol. The van der Waals surface area contributed by atoms with Gasteiger partial charge in [0.1, 0.15) is 5.60 Å². The van der Waals surface area contributed by atoms with Crippen molar-refractivity contribution in [1.29, 1.82) is 0 Å². The number of carbonyl (C=O) groups is 1. The molecular weight excluding hydrogens is 280 g/mol. The normalized spacial score (nSPS) is 17.0. The van der Waals surface area contributed by atoms with Crippen LogP contribution in [0.15, 0.2) is 6.20 Å². The molecule has 6 heteroatoms. The van der Waals surface area contributed by atoms with E-state index >= 15 is 0 Å². The van der Waals surface area contributed by atoms with Crippen molar-refractivity contribution in [3.63, 3.8) is 0 Å². The molecule has 0 spiro atoms. The van der Waals surface area contributed by atoms with Gasteiger partial charge in [0.15, 0.2) is 0 Å². The van der Waals surface area contributed by atoms with Gasteiger partial charge in [0.2, 0.25) is 5.95 Å². The van der Waals surface area contributed by atoms with E-state index in [0.717, 1.165) is 12.8 Å². The zero-order valence-corrected chi connectivity index (χ0v) is 13.9. The van der Waals surface area contributed by atoms with E-state index in [-0.39, 0.29) is 0 Å². The maximum absolute atomic E-state index is 11.5. The lowest BCUT2D eigenvalue weighted by molar-refractivity contribution is 0.0530. The van der Waals surface area contributed by atoms with E-state index in [1.165, 1.54) is 17.7 Å². The minimum atomic E-state index is -0.476. The predicted molar refractivity (Wildman–Crippen MR) is 86.1 cm³/mol. The van der Waals surface area contributed by atoms with Gasteiger partial charge < -0.3 is 15.4 Å². The first-order valence-electron chi connectivity index (χ1n) is 7.95. The Morgan fingerprint density at radius 3 is 2.86 bits per heavy atom. The van der Waals surface area contributed by atoms with Crippen LogP contribution in [0, 0.1) is 0 Å². The number of ether oxygens (including phenoxy) is 1. The van der Waals surface area contributed by atoms with Crippen molar-refractivity contribution in [2.75, 3.05) is 18.4 Å². The first-order valence-corrected chi connectivity index (χ1v) is 7.95. The summed E-state index contributed by atoms with van der Waals surface area (Å²) < 4.78 is 5.17. The molecule has 1 unspecified atom stereocenters. The molecule has 1 heterocycles. The van der Waals surface area contributed by atoms with E-state index < -0.39 is 11.7 Å². The molecule has 2 N–H and O–H groups in total. The fraction of sp³-hybridized carbons (Fsp3) is 0.688. The molecule has 0 bridgehead atoms. The number of fused-ring (bicyclic) bond motifs is 1. The second kappa shape index (κ2) is 6.94. The van der Waals surface area contributed by atoms with Crippen LogP contribution in [-0.2, 0) is 11.2 Å². The molecule has 2 rings (SSSR count). The number of aryl methyl sites for hydroxylation is 1. The minimum Gasteiger partial charge on any atom is -0.444 e. The highest BCUT2D eigenvalue weighted by Crippen LogP contribution is 2.33. The zero-order valence-electron chi connectivity index (χ0n) is 13.9. The SMILES string of the molecule is CCC1CCc2cnc(NCCNC(=O)OC(C)(C)C)nc21. The number of anilines is 1. The molecule has 122 valence electrons. The predicted octanol–water partition coefficient (Wildman–Crippen LogP) is 2.85. The van der Waals surface area contributed by atoms with Crippen LogP contribution < -0.4 is 10.6 Å². The Morgan fingerprint density at radius 2 is 2.18 bits per heavy atom. The van der Waals surface area contributed by atoms with Crippen LogP contribution in [0.5, 0.6) is 0 Å². The number of nitrogens with zero attached hydrogens (tertiary/aromatic N) is 2. The van der Waals surface area contributed by atoms with Crippen molar-refractivity contribution in [2.24, 2.45) is 0 Å². The number of hydrogen-bond donors (Lipinski definition) is 2. The molecule has 1 aromatic heterocycles. The summed E-state index contributed by atoms with van der Waals surface area (Å²) in [6.07, 6.45) is 4.87. The van der Waals surface area contributed by atoms with Crippen molar-refractivity contribution in [3.8, 4) is 0 Å². The van der Waals surface area contributed by atoms with E-state index in [4.69, 9.17) is 4.74 Å². The van der Waals surface area contributed by atoms with Crippen molar-refractivity contribution in [1.82, 2.24) is 15.3 Å². The summed E-state index contributed by atoms with van der Waals surface area (Å²) in [5, 5.41) is 5.85. The van der Waals surface area contributed by atoms with Crippen LogP contribution in [0.1, 0.15) is 57.7 Å². The van der Waals surface area contributed by atoms with E-state index in [1.54, 1.807) is 0 Å². The lowest BCUT2D eigenvalue weighted by atomic mass is 10.0. The summed E-state index contributed by atoms with van der Waals surface area (Å²) >= 11 is 0. The third-order valence-electron chi connectivity index (χ3n) is 3.62. The van der Waals surface area contributed by atoms with Crippen LogP contribution >= 0.6 is 0 Å². The molecule has 0 fully saturated rings. The van der Waals surface area contributed by atoms with Crippen LogP contribution in [0.4, 0.5) is 10.7 Å². The van der Waals surface area contributed by atoms with Crippen molar-refractivity contribution in [3.05, 3.63) is 17.5 Å². The number of rotatable bonds is 5.